The van der Waals surface area contributed by atoms with Crippen molar-refractivity contribution in [3.63, 3.8) is 0 Å². The van der Waals surface area contributed by atoms with Crippen LogP contribution in [0.15, 0.2) is 46.0 Å². The lowest BCUT2D eigenvalue weighted by molar-refractivity contribution is 1.08. The Morgan fingerprint density at radius 3 is 2.71 bits per heavy atom. The number of nitrogens with zero attached hydrogens (tertiary/aromatic N) is 2. The molecular formula is C11H11BrN4S. The third-order valence-electron chi connectivity index (χ3n) is 2.07. The molecule has 4 nitrogen and oxygen atoms in total. The molecule has 3 N–H and O–H groups in total. The van der Waals surface area contributed by atoms with Crippen LogP contribution in [0.2, 0.25) is 0 Å². The molecule has 0 amide bonds. The third-order valence-corrected chi connectivity index (χ3v) is 4.13. The van der Waals surface area contributed by atoms with Crippen molar-refractivity contribution in [3.05, 3.63) is 46.8 Å². The van der Waals surface area contributed by atoms with Crippen molar-refractivity contribution in [2.24, 2.45) is 5.84 Å². The number of nitrogen functional groups attached to an aromatic ring is 1. The molecule has 0 saturated carbocycles. The maximum atomic E-state index is 5.22. The van der Waals surface area contributed by atoms with Gasteiger partial charge in [-0.3, -0.25) is 4.98 Å². The van der Waals surface area contributed by atoms with E-state index in [1.165, 1.54) is 4.90 Å². The van der Waals surface area contributed by atoms with Crippen LogP contribution in [-0.4, -0.2) is 9.97 Å². The number of hydrogen-bond acceptors (Lipinski definition) is 5. The molecule has 0 saturated heterocycles. The minimum Gasteiger partial charge on any atom is -0.307 e. The minimum absolute atomic E-state index is 0.569. The van der Waals surface area contributed by atoms with Gasteiger partial charge in [0.1, 0.15) is 0 Å². The van der Waals surface area contributed by atoms with Crippen molar-refractivity contribution < 1.29 is 0 Å². The van der Waals surface area contributed by atoms with Crippen LogP contribution in [0.4, 0.5) is 5.82 Å². The second kappa shape index (κ2) is 6.00. The van der Waals surface area contributed by atoms with E-state index >= 15 is 0 Å². The van der Waals surface area contributed by atoms with Crippen molar-refractivity contribution >= 4 is 33.5 Å². The lowest BCUT2D eigenvalue weighted by Gasteiger charge is -2.04. The summed E-state index contributed by atoms with van der Waals surface area (Å²) >= 11 is 5.22. The first-order valence-electron chi connectivity index (χ1n) is 4.94. The Morgan fingerprint density at radius 2 is 2.06 bits per heavy atom. The predicted molar refractivity (Wildman–Crippen MR) is 73.5 cm³/mol. The zero-order valence-corrected chi connectivity index (χ0v) is 11.3. The molecule has 0 aliphatic rings. The molecule has 6 heteroatoms. The van der Waals surface area contributed by atoms with E-state index in [9.17, 15) is 0 Å². The largest absolute Gasteiger partial charge is 0.307 e. The summed E-state index contributed by atoms with van der Waals surface area (Å²) < 4.78 is 1.10. The molecular weight excluding hydrogens is 300 g/mol. The Bertz CT molecular complexity index is 489. The molecule has 0 aliphatic heterocycles. The molecule has 0 atom stereocenters. The Hall–Kier alpha value is -1.11. The summed E-state index contributed by atoms with van der Waals surface area (Å²) in [6.07, 6.45) is 3.34. The zero-order valence-electron chi connectivity index (χ0n) is 8.93. The summed E-state index contributed by atoms with van der Waals surface area (Å²) in [5.41, 5.74) is 3.37. The van der Waals surface area contributed by atoms with Crippen molar-refractivity contribution in [1.29, 1.82) is 0 Å². The maximum Gasteiger partial charge on any atom is 0.158 e. The van der Waals surface area contributed by atoms with E-state index in [1.807, 2.05) is 18.2 Å². The molecule has 2 rings (SSSR count). The van der Waals surface area contributed by atoms with E-state index in [4.69, 9.17) is 5.84 Å². The van der Waals surface area contributed by atoms with Gasteiger partial charge < -0.3 is 5.43 Å². The van der Waals surface area contributed by atoms with Gasteiger partial charge in [0.15, 0.2) is 5.82 Å². The van der Waals surface area contributed by atoms with Crippen LogP contribution in [-0.2, 0) is 5.75 Å². The smallest absolute Gasteiger partial charge is 0.158 e. The number of aromatic nitrogens is 2. The summed E-state index contributed by atoms with van der Waals surface area (Å²) in [5.74, 6) is 6.57. The Labute approximate surface area is 112 Å². The highest BCUT2D eigenvalue weighted by Gasteiger charge is 2.01. The summed E-state index contributed by atoms with van der Waals surface area (Å²) in [4.78, 5) is 9.55. The number of nitrogens with one attached hydrogen (secondary N) is 1. The molecule has 0 unspecified atom stereocenters. The fraction of sp³-hybridized carbons (Fsp3) is 0.0909. The molecule has 0 fully saturated rings. The van der Waals surface area contributed by atoms with Gasteiger partial charge in [-0.2, -0.15) is 0 Å². The molecule has 1 aromatic carbocycles. The Morgan fingerprint density at radius 1 is 1.24 bits per heavy atom. The zero-order chi connectivity index (χ0) is 12.1. The highest BCUT2D eigenvalue weighted by molar-refractivity contribution is 9.10. The van der Waals surface area contributed by atoms with E-state index in [2.05, 4.69) is 37.4 Å². The molecule has 0 radical (unpaired) electrons. The van der Waals surface area contributed by atoms with E-state index in [0.717, 1.165) is 15.9 Å². The molecule has 1 aromatic heterocycles. The number of halogens is 1. The number of hydrazine groups is 1. The molecule has 2 aromatic rings. The lowest BCUT2D eigenvalue weighted by Crippen LogP contribution is -2.08. The number of nitrogens with two attached hydrogens (primary N) is 1. The van der Waals surface area contributed by atoms with E-state index in [0.29, 0.717) is 5.82 Å². The highest BCUT2D eigenvalue weighted by Crippen LogP contribution is 2.29. The van der Waals surface area contributed by atoms with Gasteiger partial charge in [-0.15, -0.1) is 11.8 Å². The number of hydrogen-bond donors (Lipinski definition) is 2. The predicted octanol–water partition coefficient (Wildman–Crippen LogP) is 2.82. The van der Waals surface area contributed by atoms with Gasteiger partial charge >= 0.3 is 0 Å². The average Bonchev–Trinajstić information content (AvgIpc) is 2.38. The normalized spacial score (nSPS) is 10.2. The highest BCUT2D eigenvalue weighted by atomic mass is 79.9. The molecule has 0 bridgehead atoms. The molecule has 0 spiro atoms. The van der Waals surface area contributed by atoms with Gasteiger partial charge in [-0.1, -0.05) is 12.1 Å². The second-order valence-electron chi connectivity index (χ2n) is 3.26. The monoisotopic (exact) mass is 310 g/mol. The van der Waals surface area contributed by atoms with Gasteiger partial charge in [0.05, 0.1) is 18.1 Å². The molecule has 88 valence electrons. The van der Waals surface area contributed by atoms with Crippen LogP contribution in [0, 0.1) is 0 Å². The maximum absolute atomic E-state index is 5.22. The third kappa shape index (κ3) is 3.42. The number of rotatable bonds is 4. The van der Waals surface area contributed by atoms with Gasteiger partial charge in [0.2, 0.25) is 0 Å². The number of anilines is 1. The fourth-order valence-electron chi connectivity index (χ4n) is 1.22. The van der Waals surface area contributed by atoms with Crippen molar-refractivity contribution in [3.8, 4) is 0 Å². The number of thioether (sulfide) groups is 1. The van der Waals surface area contributed by atoms with E-state index in [-0.39, 0.29) is 0 Å². The first kappa shape index (κ1) is 12.3. The Kier molecular flexibility index (Phi) is 4.36. The van der Waals surface area contributed by atoms with Gasteiger partial charge in [0.25, 0.3) is 0 Å². The molecule has 1 heterocycles. The van der Waals surface area contributed by atoms with Crippen LogP contribution in [0.1, 0.15) is 5.69 Å². The summed E-state index contributed by atoms with van der Waals surface area (Å²) in [5, 5.41) is 0. The SMILES string of the molecule is NNc1cnc(CSc2ccccc2Br)cn1. The molecule has 17 heavy (non-hydrogen) atoms. The Balaban J connectivity index is 2.00. The topological polar surface area (TPSA) is 63.8 Å². The standard InChI is InChI=1S/C11H11BrN4S/c12-9-3-1-2-4-10(9)17-7-8-5-15-11(16-13)6-14-8/h1-6H,7,13H2,(H,15,16). The molecule has 0 aliphatic carbocycles. The van der Waals surface area contributed by atoms with Gasteiger partial charge in [-0.05, 0) is 28.1 Å². The summed E-state index contributed by atoms with van der Waals surface area (Å²) in [7, 11) is 0. The van der Waals surface area contributed by atoms with Gasteiger partial charge in [-0.25, -0.2) is 10.8 Å². The van der Waals surface area contributed by atoms with Crippen LogP contribution < -0.4 is 11.3 Å². The quantitative estimate of drug-likeness (QED) is 0.516. The van der Waals surface area contributed by atoms with E-state index in [1.54, 1.807) is 24.2 Å². The van der Waals surface area contributed by atoms with Crippen molar-refractivity contribution in [2.75, 3.05) is 5.43 Å². The number of benzene rings is 1. The van der Waals surface area contributed by atoms with Crippen LogP contribution in [0.3, 0.4) is 0 Å². The van der Waals surface area contributed by atoms with Crippen LogP contribution in [0.25, 0.3) is 0 Å². The lowest BCUT2D eigenvalue weighted by atomic mass is 10.4. The summed E-state index contributed by atoms with van der Waals surface area (Å²) in [6.45, 7) is 0. The fourth-order valence-corrected chi connectivity index (χ4v) is 2.68. The minimum atomic E-state index is 0.569. The first-order valence-corrected chi connectivity index (χ1v) is 6.72. The first-order chi connectivity index (χ1) is 8.29. The van der Waals surface area contributed by atoms with E-state index < -0.39 is 0 Å². The van der Waals surface area contributed by atoms with Crippen molar-refractivity contribution in [2.45, 2.75) is 10.6 Å². The summed E-state index contributed by atoms with van der Waals surface area (Å²) in [6, 6.07) is 8.10. The average molecular weight is 311 g/mol. The van der Waals surface area contributed by atoms with Crippen LogP contribution >= 0.6 is 27.7 Å². The van der Waals surface area contributed by atoms with Gasteiger partial charge in [0, 0.05) is 15.1 Å². The van der Waals surface area contributed by atoms with Crippen LogP contribution in [0.5, 0.6) is 0 Å². The van der Waals surface area contributed by atoms with Crippen molar-refractivity contribution in [1.82, 2.24) is 9.97 Å². The second-order valence-corrected chi connectivity index (χ2v) is 5.13.